The molecule has 0 atom stereocenters. The number of benzene rings is 3. The summed E-state index contributed by atoms with van der Waals surface area (Å²) < 4.78 is 9.55. The fraction of sp³-hybridized carbons (Fsp3) is 0.129. The molecule has 0 radical (unpaired) electrons. The van der Waals surface area contributed by atoms with Crippen LogP contribution in [0.25, 0.3) is 22.0 Å². The number of carbonyl (C=O) groups excluding carboxylic acids is 1. The molecule has 0 fully saturated rings. The molecule has 7 nitrogen and oxygen atoms in total. The van der Waals surface area contributed by atoms with Crippen LogP contribution in [0.5, 0.6) is 5.75 Å². The van der Waals surface area contributed by atoms with Crippen LogP contribution in [-0.4, -0.2) is 23.4 Å². The Morgan fingerprint density at radius 3 is 2.37 bits per heavy atom. The molecule has 0 bridgehead atoms. The first-order valence-electron chi connectivity index (χ1n) is 12.4. The van der Waals surface area contributed by atoms with Gasteiger partial charge in [0.1, 0.15) is 24.3 Å². The highest BCUT2D eigenvalue weighted by Gasteiger charge is 2.18. The van der Waals surface area contributed by atoms with Gasteiger partial charge in [-0.25, -0.2) is 4.57 Å². The number of fused-ring (bicyclic) bond motifs is 1. The van der Waals surface area contributed by atoms with Gasteiger partial charge in [0.05, 0.1) is 12.6 Å². The number of amides is 1. The van der Waals surface area contributed by atoms with Crippen molar-refractivity contribution in [2.24, 2.45) is 12.8 Å². The molecule has 0 aliphatic rings. The Kier molecular flexibility index (Phi) is 6.91. The molecule has 190 valence electrons. The number of nitrogens with zero attached hydrogens (tertiary/aromatic N) is 2. The van der Waals surface area contributed by atoms with Gasteiger partial charge >= 0.3 is 0 Å². The van der Waals surface area contributed by atoms with E-state index >= 15 is 0 Å². The monoisotopic (exact) mass is 504 g/mol. The van der Waals surface area contributed by atoms with Gasteiger partial charge in [0, 0.05) is 36.2 Å². The third-order valence-electron chi connectivity index (χ3n) is 6.66. The quantitative estimate of drug-likeness (QED) is 0.166. The number of carbonyl (C=O) groups is 1. The molecule has 0 saturated heterocycles. The smallest absolute Gasteiger partial charge is 0.268 e. The van der Waals surface area contributed by atoms with E-state index in [-0.39, 0.29) is 11.7 Å². The molecule has 1 amide bonds. The van der Waals surface area contributed by atoms with Crippen molar-refractivity contribution in [1.82, 2.24) is 9.88 Å². The maximum absolute atomic E-state index is 13.5. The maximum Gasteiger partial charge on any atom is 0.268 e. The van der Waals surface area contributed by atoms with Crippen LogP contribution in [0.4, 0.5) is 0 Å². The lowest BCUT2D eigenvalue weighted by Gasteiger charge is -2.13. The number of methoxy groups -OCH3 is 1. The number of ether oxygens (including phenoxy) is 1. The summed E-state index contributed by atoms with van der Waals surface area (Å²) >= 11 is 0. The van der Waals surface area contributed by atoms with Gasteiger partial charge in [-0.15, -0.1) is 0 Å². The van der Waals surface area contributed by atoms with Gasteiger partial charge < -0.3 is 20.4 Å². The lowest BCUT2D eigenvalue weighted by molar-refractivity contribution is -0.671. The third-order valence-corrected chi connectivity index (χ3v) is 6.66. The molecule has 3 aromatic carbocycles. The van der Waals surface area contributed by atoms with Gasteiger partial charge in [-0.2, -0.15) is 0 Å². The van der Waals surface area contributed by atoms with Gasteiger partial charge in [-0.1, -0.05) is 48.5 Å². The fourth-order valence-electron chi connectivity index (χ4n) is 4.59. The lowest BCUT2D eigenvalue weighted by atomic mass is 10.1. The number of pyridine rings is 1. The van der Waals surface area contributed by atoms with E-state index in [1.807, 2.05) is 83.2 Å². The molecule has 5 aromatic rings. The highest BCUT2D eigenvalue weighted by Crippen LogP contribution is 2.30. The van der Waals surface area contributed by atoms with Gasteiger partial charge in [0.2, 0.25) is 0 Å². The maximum atomic E-state index is 13.5. The summed E-state index contributed by atoms with van der Waals surface area (Å²) in [6.45, 7) is 0.853. The molecular weight excluding hydrogens is 474 g/mol. The van der Waals surface area contributed by atoms with Crippen LogP contribution in [-0.2, 0) is 20.1 Å². The second kappa shape index (κ2) is 10.6. The van der Waals surface area contributed by atoms with Gasteiger partial charge in [0.25, 0.3) is 5.91 Å². The summed E-state index contributed by atoms with van der Waals surface area (Å²) in [6, 6.07) is 27.5. The first kappa shape index (κ1) is 24.8. The predicted octanol–water partition coefficient (Wildman–Crippen LogP) is 4.40. The van der Waals surface area contributed by atoms with Crippen LogP contribution in [0.15, 0.2) is 97.3 Å². The molecule has 7 heteroatoms. The number of hydrogen-bond acceptors (Lipinski definition) is 3. The van der Waals surface area contributed by atoms with Crippen molar-refractivity contribution in [3.8, 4) is 16.9 Å². The van der Waals surface area contributed by atoms with E-state index in [0.717, 1.165) is 33.2 Å². The Labute approximate surface area is 221 Å². The minimum Gasteiger partial charge on any atom is -0.496 e. The van der Waals surface area contributed by atoms with Gasteiger partial charge in [-0.05, 0) is 46.5 Å². The van der Waals surface area contributed by atoms with E-state index in [1.54, 1.807) is 13.2 Å². The SMILES string of the molecule is COc1cccc2c1cc(C(=O)NCc1ccc(-c3cc[n+](C)cc3)cc1)n2Cc1cccc(C(=N)N)c1. The van der Waals surface area contributed by atoms with Crippen molar-refractivity contribution >= 4 is 22.6 Å². The molecule has 5 rings (SSSR count). The van der Waals surface area contributed by atoms with Gasteiger partial charge in [-0.3, -0.25) is 10.2 Å². The average Bonchev–Trinajstić information content (AvgIpc) is 3.31. The number of hydrogen-bond donors (Lipinski definition) is 3. The largest absolute Gasteiger partial charge is 0.496 e. The van der Waals surface area contributed by atoms with E-state index in [4.69, 9.17) is 15.9 Å². The molecule has 2 aromatic heterocycles. The van der Waals surface area contributed by atoms with Crippen molar-refractivity contribution < 1.29 is 14.1 Å². The van der Waals surface area contributed by atoms with E-state index in [0.29, 0.717) is 30.1 Å². The minimum atomic E-state index is -0.175. The zero-order valence-corrected chi connectivity index (χ0v) is 21.4. The molecule has 0 aliphatic heterocycles. The van der Waals surface area contributed by atoms with Crippen LogP contribution < -0.4 is 20.4 Å². The predicted molar refractivity (Wildman–Crippen MR) is 149 cm³/mol. The molecule has 38 heavy (non-hydrogen) atoms. The highest BCUT2D eigenvalue weighted by atomic mass is 16.5. The second-order valence-electron chi connectivity index (χ2n) is 9.25. The number of nitrogens with two attached hydrogens (primary N) is 1. The second-order valence-corrected chi connectivity index (χ2v) is 9.25. The molecular formula is C31H30N5O2+. The number of nitrogens with one attached hydrogen (secondary N) is 2. The third kappa shape index (κ3) is 5.13. The van der Waals surface area contributed by atoms with Crippen molar-refractivity contribution in [2.45, 2.75) is 13.1 Å². The fourth-order valence-corrected chi connectivity index (χ4v) is 4.59. The molecule has 4 N–H and O–H groups in total. The Morgan fingerprint density at radius 2 is 1.66 bits per heavy atom. The number of aromatic nitrogens is 2. The van der Waals surface area contributed by atoms with Crippen LogP contribution >= 0.6 is 0 Å². The van der Waals surface area contributed by atoms with E-state index in [2.05, 4.69) is 29.6 Å². The Bertz CT molecular complexity index is 1620. The zero-order valence-electron chi connectivity index (χ0n) is 21.4. The molecule has 0 aliphatic carbocycles. The Balaban J connectivity index is 1.40. The first-order chi connectivity index (χ1) is 18.4. The number of amidine groups is 1. The number of nitrogen functional groups attached to an aromatic ring is 1. The summed E-state index contributed by atoms with van der Waals surface area (Å²) in [6.07, 6.45) is 4.04. The van der Waals surface area contributed by atoms with Gasteiger partial charge in [0.15, 0.2) is 12.4 Å². The van der Waals surface area contributed by atoms with Crippen LogP contribution in [0, 0.1) is 5.41 Å². The summed E-state index contributed by atoms with van der Waals surface area (Å²) in [5.41, 5.74) is 12.0. The Hall–Kier alpha value is -4.91. The lowest BCUT2D eigenvalue weighted by Crippen LogP contribution is -2.25. The topological polar surface area (TPSA) is 97.0 Å². The highest BCUT2D eigenvalue weighted by molar-refractivity contribution is 6.00. The molecule has 0 spiro atoms. The summed E-state index contributed by atoms with van der Waals surface area (Å²) in [5.74, 6) is 0.541. The normalized spacial score (nSPS) is 10.9. The molecule has 0 saturated carbocycles. The Morgan fingerprint density at radius 1 is 0.947 bits per heavy atom. The molecule has 2 heterocycles. The van der Waals surface area contributed by atoms with Crippen molar-refractivity contribution in [3.05, 3.63) is 120 Å². The summed E-state index contributed by atoms with van der Waals surface area (Å²) in [5, 5.41) is 11.7. The summed E-state index contributed by atoms with van der Waals surface area (Å²) in [4.78, 5) is 13.5. The first-order valence-corrected chi connectivity index (χ1v) is 12.4. The zero-order chi connectivity index (χ0) is 26.6. The minimum absolute atomic E-state index is 0.0103. The van der Waals surface area contributed by atoms with Crippen molar-refractivity contribution in [3.63, 3.8) is 0 Å². The van der Waals surface area contributed by atoms with E-state index < -0.39 is 0 Å². The van der Waals surface area contributed by atoms with E-state index in [9.17, 15) is 4.79 Å². The van der Waals surface area contributed by atoms with E-state index in [1.165, 1.54) is 0 Å². The average molecular weight is 505 g/mol. The summed E-state index contributed by atoms with van der Waals surface area (Å²) in [7, 11) is 3.62. The van der Waals surface area contributed by atoms with Crippen LogP contribution in [0.3, 0.4) is 0 Å². The number of aryl methyl sites for hydroxylation is 1. The van der Waals surface area contributed by atoms with Crippen LogP contribution in [0.2, 0.25) is 0 Å². The number of rotatable bonds is 8. The van der Waals surface area contributed by atoms with Crippen molar-refractivity contribution in [2.75, 3.05) is 7.11 Å². The van der Waals surface area contributed by atoms with Crippen LogP contribution in [0.1, 0.15) is 27.2 Å². The standard InChI is InChI=1S/C31H29N5O2/c1-35-15-13-24(14-16-35)23-11-9-21(10-12-23)19-34-31(37)28-18-26-27(7-4-8-29(26)38-2)36(28)20-22-5-3-6-25(17-22)30(32)33/h3-18H,19-20H2,1-2H3,(H3-,32,33,34,37)/p+1. The van der Waals surface area contributed by atoms with Crippen molar-refractivity contribution in [1.29, 1.82) is 5.41 Å². The molecule has 0 unspecified atom stereocenters.